The molecule has 1 atom stereocenters. The molecule has 0 aromatic rings. The van der Waals surface area contributed by atoms with Crippen LogP contribution in [0.4, 0.5) is 4.79 Å². The minimum absolute atomic E-state index is 0.105. The van der Waals surface area contributed by atoms with E-state index in [0.29, 0.717) is 0 Å². The summed E-state index contributed by atoms with van der Waals surface area (Å²) in [7, 11) is 1.70. The first kappa shape index (κ1) is 15.5. The van der Waals surface area contributed by atoms with Crippen LogP contribution in [-0.4, -0.2) is 53.1 Å². The predicted octanol–water partition coefficient (Wildman–Crippen LogP) is 1.80. The van der Waals surface area contributed by atoms with Gasteiger partial charge in [0.2, 0.25) is 0 Å². The molecule has 17 heavy (non-hydrogen) atoms. The molecule has 5 heteroatoms. The zero-order valence-corrected chi connectivity index (χ0v) is 10.8. The van der Waals surface area contributed by atoms with Crippen LogP contribution in [0, 0.1) is 0 Å². The first-order chi connectivity index (χ1) is 7.93. The Kier molecular flexibility index (Phi) is 7.02. The van der Waals surface area contributed by atoms with E-state index in [1.165, 1.54) is 11.0 Å². The molecule has 0 aliphatic heterocycles. The maximum atomic E-state index is 12.0. The third-order valence-corrected chi connectivity index (χ3v) is 2.62. The van der Waals surface area contributed by atoms with Crippen molar-refractivity contribution in [2.75, 3.05) is 20.1 Å². The number of rotatable bonds is 7. The molecule has 0 aliphatic carbocycles. The third-order valence-electron chi connectivity index (χ3n) is 2.62. The van der Waals surface area contributed by atoms with Gasteiger partial charge in [0.05, 0.1) is 0 Å². The van der Waals surface area contributed by atoms with Crippen molar-refractivity contribution in [3.05, 3.63) is 12.7 Å². The van der Waals surface area contributed by atoms with Gasteiger partial charge in [-0.2, -0.15) is 0 Å². The molecule has 0 saturated heterocycles. The van der Waals surface area contributed by atoms with E-state index in [2.05, 4.69) is 6.58 Å². The van der Waals surface area contributed by atoms with E-state index < -0.39 is 5.97 Å². The van der Waals surface area contributed by atoms with E-state index in [4.69, 9.17) is 5.11 Å². The zero-order chi connectivity index (χ0) is 13.4. The Morgan fingerprint density at radius 1 is 1.47 bits per heavy atom. The quantitative estimate of drug-likeness (QED) is 0.692. The van der Waals surface area contributed by atoms with Gasteiger partial charge in [0, 0.05) is 19.6 Å². The second-order valence-electron chi connectivity index (χ2n) is 4.09. The van der Waals surface area contributed by atoms with Gasteiger partial charge in [0.25, 0.3) is 0 Å². The van der Waals surface area contributed by atoms with Crippen molar-refractivity contribution in [1.82, 2.24) is 9.80 Å². The average Bonchev–Trinajstić information content (AvgIpc) is 2.26. The number of carboxylic acid groups (broad SMARTS) is 1. The molecule has 0 spiro atoms. The summed E-state index contributed by atoms with van der Waals surface area (Å²) in [6.45, 7) is 7.47. The number of carboxylic acids is 1. The fraction of sp³-hybridized carbons (Fsp3) is 0.667. The Bertz CT molecular complexity index is 279. The van der Waals surface area contributed by atoms with Crippen LogP contribution in [0.1, 0.15) is 26.7 Å². The third kappa shape index (κ3) is 5.38. The van der Waals surface area contributed by atoms with Crippen molar-refractivity contribution >= 4 is 12.0 Å². The summed E-state index contributed by atoms with van der Waals surface area (Å²) in [4.78, 5) is 25.5. The molecular weight excluding hydrogens is 220 g/mol. The lowest BCUT2D eigenvalue weighted by atomic mass is 10.2. The van der Waals surface area contributed by atoms with Crippen molar-refractivity contribution < 1.29 is 14.7 Å². The number of carbonyl (C=O) groups excluding carboxylic acids is 1. The fourth-order valence-corrected chi connectivity index (χ4v) is 1.55. The van der Waals surface area contributed by atoms with Gasteiger partial charge in [-0.15, -0.1) is 6.58 Å². The van der Waals surface area contributed by atoms with Crippen LogP contribution in [0.15, 0.2) is 12.7 Å². The lowest BCUT2D eigenvalue weighted by molar-refractivity contribution is -0.137. The SMILES string of the molecule is C=CCN(CC(=O)O)C(=O)N(C)C(C)CCC. The Morgan fingerprint density at radius 2 is 2.06 bits per heavy atom. The number of aliphatic carboxylic acids is 1. The molecule has 1 unspecified atom stereocenters. The molecule has 0 aromatic heterocycles. The molecule has 0 fully saturated rings. The number of hydrogen-bond acceptors (Lipinski definition) is 2. The van der Waals surface area contributed by atoms with Gasteiger partial charge in [-0.3, -0.25) is 4.79 Å². The highest BCUT2D eigenvalue weighted by Crippen LogP contribution is 2.07. The van der Waals surface area contributed by atoms with Gasteiger partial charge in [-0.1, -0.05) is 19.4 Å². The molecule has 0 radical (unpaired) electrons. The normalized spacial score (nSPS) is 11.7. The van der Waals surface area contributed by atoms with Crippen LogP contribution in [0.5, 0.6) is 0 Å². The monoisotopic (exact) mass is 242 g/mol. The molecule has 0 bridgehead atoms. The summed E-state index contributed by atoms with van der Waals surface area (Å²) in [5.41, 5.74) is 0. The van der Waals surface area contributed by atoms with E-state index in [-0.39, 0.29) is 25.2 Å². The molecule has 0 rings (SSSR count). The van der Waals surface area contributed by atoms with Crippen LogP contribution < -0.4 is 0 Å². The minimum atomic E-state index is -1.02. The van der Waals surface area contributed by atoms with E-state index >= 15 is 0 Å². The molecule has 0 saturated carbocycles. The minimum Gasteiger partial charge on any atom is -0.480 e. The summed E-state index contributed by atoms with van der Waals surface area (Å²) in [5.74, 6) is -1.02. The van der Waals surface area contributed by atoms with Crippen LogP contribution in [0.2, 0.25) is 0 Å². The number of hydrogen-bond donors (Lipinski definition) is 1. The summed E-state index contributed by atoms with van der Waals surface area (Å²) >= 11 is 0. The molecule has 2 amide bonds. The van der Waals surface area contributed by atoms with Gasteiger partial charge < -0.3 is 14.9 Å². The average molecular weight is 242 g/mol. The maximum Gasteiger partial charge on any atom is 0.323 e. The lowest BCUT2D eigenvalue weighted by Crippen LogP contribution is -2.46. The topological polar surface area (TPSA) is 60.9 Å². The van der Waals surface area contributed by atoms with Gasteiger partial charge >= 0.3 is 12.0 Å². The summed E-state index contributed by atoms with van der Waals surface area (Å²) in [5, 5.41) is 8.74. The van der Waals surface area contributed by atoms with Crippen LogP contribution in [-0.2, 0) is 4.79 Å². The molecule has 98 valence electrons. The standard InChI is InChI=1S/C12H22N2O3/c1-5-7-10(3)13(4)12(17)14(8-6-2)9-11(15)16/h6,10H,2,5,7-9H2,1,3-4H3,(H,15,16). The van der Waals surface area contributed by atoms with Crippen molar-refractivity contribution in [3.63, 3.8) is 0 Å². The second kappa shape index (κ2) is 7.70. The van der Waals surface area contributed by atoms with E-state index in [1.807, 2.05) is 13.8 Å². The molecule has 0 heterocycles. The first-order valence-corrected chi connectivity index (χ1v) is 5.78. The smallest absolute Gasteiger partial charge is 0.323 e. The van der Waals surface area contributed by atoms with E-state index in [9.17, 15) is 9.59 Å². The summed E-state index contributed by atoms with van der Waals surface area (Å²) in [6, 6.07) is -0.165. The highest BCUT2D eigenvalue weighted by Gasteiger charge is 2.22. The highest BCUT2D eigenvalue weighted by molar-refractivity contribution is 5.80. The van der Waals surface area contributed by atoms with Crippen LogP contribution in [0.25, 0.3) is 0 Å². The van der Waals surface area contributed by atoms with E-state index in [0.717, 1.165) is 12.8 Å². The van der Waals surface area contributed by atoms with Gasteiger partial charge in [-0.05, 0) is 13.3 Å². The zero-order valence-electron chi connectivity index (χ0n) is 10.8. The summed E-state index contributed by atoms with van der Waals surface area (Å²) in [6.07, 6.45) is 3.41. The number of amides is 2. The summed E-state index contributed by atoms with van der Waals surface area (Å²) < 4.78 is 0. The molecule has 5 nitrogen and oxygen atoms in total. The van der Waals surface area contributed by atoms with Crippen molar-refractivity contribution in [1.29, 1.82) is 0 Å². The number of urea groups is 1. The Hall–Kier alpha value is -1.52. The van der Waals surface area contributed by atoms with Crippen molar-refractivity contribution in [2.45, 2.75) is 32.7 Å². The Balaban J connectivity index is 4.58. The van der Waals surface area contributed by atoms with Crippen LogP contribution >= 0.6 is 0 Å². The molecule has 1 N–H and O–H groups in total. The fourth-order valence-electron chi connectivity index (χ4n) is 1.55. The lowest BCUT2D eigenvalue weighted by Gasteiger charge is -2.30. The molecule has 0 aromatic carbocycles. The van der Waals surface area contributed by atoms with Gasteiger partial charge in [-0.25, -0.2) is 4.79 Å². The second-order valence-corrected chi connectivity index (χ2v) is 4.09. The van der Waals surface area contributed by atoms with E-state index in [1.54, 1.807) is 11.9 Å². The maximum absolute atomic E-state index is 12.0. The number of nitrogens with zero attached hydrogens (tertiary/aromatic N) is 2. The Labute approximate surface area is 103 Å². The highest BCUT2D eigenvalue weighted by atomic mass is 16.4. The van der Waals surface area contributed by atoms with Crippen LogP contribution in [0.3, 0.4) is 0 Å². The molecular formula is C12H22N2O3. The van der Waals surface area contributed by atoms with Gasteiger partial charge in [0.15, 0.2) is 0 Å². The first-order valence-electron chi connectivity index (χ1n) is 5.78. The largest absolute Gasteiger partial charge is 0.480 e. The Morgan fingerprint density at radius 3 is 2.47 bits per heavy atom. The predicted molar refractivity (Wildman–Crippen MR) is 66.9 cm³/mol. The molecule has 0 aliphatic rings. The van der Waals surface area contributed by atoms with Gasteiger partial charge in [0.1, 0.15) is 6.54 Å². The van der Waals surface area contributed by atoms with Crippen molar-refractivity contribution in [3.8, 4) is 0 Å². The van der Waals surface area contributed by atoms with Crippen molar-refractivity contribution in [2.24, 2.45) is 0 Å². The number of carbonyl (C=O) groups is 2.